The number of primary amides is 1. The third-order valence-corrected chi connectivity index (χ3v) is 2.33. The highest BCUT2D eigenvalue weighted by molar-refractivity contribution is 5.91. The van der Waals surface area contributed by atoms with Crippen molar-refractivity contribution in [2.24, 2.45) is 11.5 Å². The van der Waals surface area contributed by atoms with Crippen LogP contribution in [0.3, 0.4) is 0 Å². The molecule has 0 aromatic heterocycles. The second-order valence-corrected chi connectivity index (χ2v) is 3.55. The number of esters is 2. The predicted molar refractivity (Wildman–Crippen MR) is 49.8 cm³/mol. The summed E-state index contributed by atoms with van der Waals surface area (Å²) in [6.45, 7) is 1.15. The summed E-state index contributed by atoms with van der Waals surface area (Å²) in [5.74, 6) is -4.00. The molecule has 96 valence electrons. The number of aliphatic hydroxyl groups excluding tert-OH is 2. The van der Waals surface area contributed by atoms with Gasteiger partial charge in [-0.3, -0.25) is 10.5 Å². The van der Waals surface area contributed by atoms with Gasteiger partial charge in [0.15, 0.2) is 18.3 Å². The van der Waals surface area contributed by atoms with Crippen molar-refractivity contribution >= 4 is 17.8 Å². The van der Waals surface area contributed by atoms with Gasteiger partial charge >= 0.3 is 11.9 Å². The first kappa shape index (κ1) is 13.4. The van der Waals surface area contributed by atoms with E-state index in [9.17, 15) is 19.5 Å². The standard InChI is InChI=1S/C8H12N2O7/c1-2-8(10,7(9)15)17-6(14)4(12)3(11)5(13)16-2/h2-4,11-12H,10H2,1H3,(H2,9,15). The molecule has 9 nitrogen and oxygen atoms in total. The first-order chi connectivity index (χ1) is 7.70. The number of cyclic esters (lactones) is 2. The topological polar surface area (TPSA) is 162 Å². The van der Waals surface area contributed by atoms with Gasteiger partial charge in [-0.2, -0.15) is 0 Å². The summed E-state index contributed by atoms with van der Waals surface area (Å²) in [6, 6.07) is 0. The SMILES string of the molecule is CC1OC(=O)C(O)C(O)C(=O)OC1(N)C(N)=O. The maximum absolute atomic E-state index is 11.3. The Morgan fingerprint density at radius 3 is 2.24 bits per heavy atom. The Bertz CT molecular complexity index is 371. The first-order valence-corrected chi connectivity index (χ1v) is 4.58. The van der Waals surface area contributed by atoms with Crippen molar-refractivity contribution in [1.29, 1.82) is 0 Å². The Kier molecular flexibility index (Phi) is 3.36. The van der Waals surface area contributed by atoms with Gasteiger partial charge in [0.1, 0.15) is 0 Å². The van der Waals surface area contributed by atoms with Crippen molar-refractivity contribution in [2.45, 2.75) is 31.0 Å². The summed E-state index contributed by atoms with van der Waals surface area (Å²) in [6.07, 6.45) is -5.71. The highest BCUT2D eigenvalue weighted by Crippen LogP contribution is 2.19. The van der Waals surface area contributed by atoms with E-state index in [-0.39, 0.29) is 0 Å². The van der Waals surface area contributed by atoms with Crippen molar-refractivity contribution in [3.63, 3.8) is 0 Å². The van der Waals surface area contributed by atoms with Crippen LogP contribution in [0.2, 0.25) is 0 Å². The molecule has 1 saturated heterocycles. The molecule has 0 bridgehead atoms. The summed E-state index contributed by atoms with van der Waals surface area (Å²) >= 11 is 0. The number of nitrogens with two attached hydrogens (primary N) is 2. The Morgan fingerprint density at radius 2 is 1.76 bits per heavy atom. The van der Waals surface area contributed by atoms with Crippen LogP contribution in [-0.4, -0.2) is 52.1 Å². The molecular weight excluding hydrogens is 236 g/mol. The van der Waals surface area contributed by atoms with Crippen molar-refractivity contribution in [1.82, 2.24) is 0 Å². The van der Waals surface area contributed by atoms with Gasteiger partial charge in [-0.1, -0.05) is 0 Å². The van der Waals surface area contributed by atoms with Crippen LogP contribution in [0.5, 0.6) is 0 Å². The number of carbonyl (C=O) groups is 3. The van der Waals surface area contributed by atoms with E-state index in [0.29, 0.717) is 0 Å². The Labute approximate surface area is 95.3 Å². The first-order valence-electron chi connectivity index (χ1n) is 4.58. The maximum Gasteiger partial charge on any atom is 0.340 e. The minimum Gasteiger partial charge on any atom is -0.454 e. The molecule has 17 heavy (non-hydrogen) atoms. The van der Waals surface area contributed by atoms with Gasteiger partial charge in [-0.25, -0.2) is 9.59 Å². The molecule has 0 aliphatic carbocycles. The molecule has 1 rings (SSSR count). The van der Waals surface area contributed by atoms with Crippen LogP contribution in [0.15, 0.2) is 0 Å². The molecular formula is C8H12N2O7. The third kappa shape index (κ3) is 2.20. The van der Waals surface area contributed by atoms with Crippen LogP contribution in [0.25, 0.3) is 0 Å². The second kappa shape index (κ2) is 4.28. The Balaban J connectivity index is 3.11. The van der Waals surface area contributed by atoms with E-state index >= 15 is 0 Å². The lowest BCUT2D eigenvalue weighted by Crippen LogP contribution is -2.66. The zero-order chi connectivity index (χ0) is 13.4. The lowest BCUT2D eigenvalue weighted by Gasteiger charge is -2.34. The highest BCUT2D eigenvalue weighted by atomic mass is 16.6. The molecule has 0 radical (unpaired) electrons. The predicted octanol–water partition coefficient (Wildman–Crippen LogP) is -3.66. The number of hydrogen-bond donors (Lipinski definition) is 4. The number of hydrogen-bond acceptors (Lipinski definition) is 8. The fourth-order valence-electron chi connectivity index (χ4n) is 1.15. The molecule has 9 heteroatoms. The average molecular weight is 248 g/mol. The van der Waals surface area contributed by atoms with Gasteiger partial charge in [-0.15, -0.1) is 0 Å². The Morgan fingerprint density at radius 1 is 1.29 bits per heavy atom. The van der Waals surface area contributed by atoms with E-state index < -0.39 is 41.9 Å². The van der Waals surface area contributed by atoms with Gasteiger partial charge in [0.25, 0.3) is 11.6 Å². The van der Waals surface area contributed by atoms with E-state index in [0.717, 1.165) is 6.92 Å². The number of amides is 1. The number of aliphatic hydroxyl groups is 2. The van der Waals surface area contributed by atoms with Crippen LogP contribution < -0.4 is 11.5 Å². The number of ether oxygens (including phenoxy) is 2. The molecule has 0 aromatic rings. The van der Waals surface area contributed by atoms with Crippen LogP contribution in [0, 0.1) is 0 Å². The molecule has 4 atom stereocenters. The molecule has 0 spiro atoms. The van der Waals surface area contributed by atoms with Crippen molar-refractivity contribution in [3.8, 4) is 0 Å². The lowest BCUT2D eigenvalue weighted by atomic mass is 10.1. The van der Waals surface area contributed by atoms with E-state index in [2.05, 4.69) is 9.47 Å². The molecule has 6 N–H and O–H groups in total. The van der Waals surface area contributed by atoms with Crippen LogP contribution in [0.4, 0.5) is 0 Å². The van der Waals surface area contributed by atoms with Gasteiger partial charge in [-0.05, 0) is 6.92 Å². The molecule has 1 fully saturated rings. The summed E-state index contributed by atoms with van der Waals surface area (Å²) in [7, 11) is 0. The molecule has 1 aliphatic heterocycles. The number of carbonyl (C=O) groups excluding carboxylic acids is 3. The van der Waals surface area contributed by atoms with Crippen LogP contribution >= 0.6 is 0 Å². The molecule has 1 heterocycles. The molecule has 4 unspecified atom stereocenters. The monoisotopic (exact) mass is 248 g/mol. The van der Waals surface area contributed by atoms with Crippen LogP contribution in [-0.2, 0) is 23.9 Å². The Hall–Kier alpha value is -1.71. The van der Waals surface area contributed by atoms with Crippen molar-refractivity contribution in [2.75, 3.05) is 0 Å². The van der Waals surface area contributed by atoms with Crippen molar-refractivity contribution in [3.05, 3.63) is 0 Å². The summed E-state index contributed by atoms with van der Waals surface area (Å²) < 4.78 is 9.01. The van der Waals surface area contributed by atoms with Gasteiger partial charge < -0.3 is 25.4 Å². The van der Waals surface area contributed by atoms with E-state index in [4.69, 9.17) is 16.6 Å². The average Bonchev–Trinajstić information content (AvgIpc) is 2.25. The zero-order valence-corrected chi connectivity index (χ0v) is 8.82. The highest BCUT2D eigenvalue weighted by Gasteiger charge is 2.50. The number of rotatable bonds is 1. The van der Waals surface area contributed by atoms with Gasteiger partial charge in [0.05, 0.1) is 0 Å². The molecule has 0 saturated carbocycles. The van der Waals surface area contributed by atoms with E-state index in [1.54, 1.807) is 0 Å². The largest absolute Gasteiger partial charge is 0.454 e. The molecule has 1 aliphatic rings. The minimum absolute atomic E-state index is 1.15. The summed E-state index contributed by atoms with van der Waals surface area (Å²) in [5.41, 5.74) is 7.92. The van der Waals surface area contributed by atoms with Crippen LogP contribution in [0.1, 0.15) is 6.92 Å². The maximum atomic E-state index is 11.3. The molecule has 0 aromatic carbocycles. The van der Waals surface area contributed by atoms with Gasteiger partial charge in [0, 0.05) is 0 Å². The fourth-order valence-corrected chi connectivity index (χ4v) is 1.15. The van der Waals surface area contributed by atoms with Gasteiger partial charge in [0.2, 0.25) is 0 Å². The smallest absolute Gasteiger partial charge is 0.340 e. The van der Waals surface area contributed by atoms with E-state index in [1.165, 1.54) is 0 Å². The normalized spacial score (nSPS) is 38.7. The fraction of sp³-hybridized carbons (Fsp3) is 0.625. The zero-order valence-electron chi connectivity index (χ0n) is 8.82. The molecule has 1 amide bonds. The van der Waals surface area contributed by atoms with Crippen molar-refractivity contribution < 1.29 is 34.1 Å². The quantitative estimate of drug-likeness (QED) is 0.345. The second-order valence-electron chi connectivity index (χ2n) is 3.55. The third-order valence-electron chi connectivity index (χ3n) is 2.33. The van der Waals surface area contributed by atoms with E-state index in [1.807, 2.05) is 0 Å². The summed E-state index contributed by atoms with van der Waals surface area (Å²) in [4.78, 5) is 33.5. The lowest BCUT2D eigenvalue weighted by molar-refractivity contribution is -0.212. The minimum atomic E-state index is -2.39. The summed E-state index contributed by atoms with van der Waals surface area (Å²) in [5, 5.41) is 18.4.